The fourth-order valence-corrected chi connectivity index (χ4v) is 3.42. The molecule has 146 valence electrons. The van der Waals surface area contributed by atoms with Gasteiger partial charge >= 0.3 is 11.8 Å². The molecule has 0 saturated carbocycles. The van der Waals surface area contributed by atoms with Crippen LogP contribution in [0.5, 0.6) is 0 Å². The first-order chi connectivity index (χ1) is 13.4. The molecule has 1 aromatic carbocycles. The number of nitrogens with zero attached hydrogens (tertiary/aromatic N) is 2. The number of aryl methyl sites for hydroxylation is 1. The molecule has 8 heteroatoms. The maximum absolute atomic E-state index is 12.9. The molecule has 2 heterocycles. The minimum atomic E-state index is -0.794. The van der Waals surface area contributed by atoms with Crippen LogP contribution < -0.4 is 16.8 Å². The molecular weight excluding hydrogens is 358 g/mol. The van der Waals surface area contributed by atoms with Gasteiger partial charge in [-0.05, 0) is 37.0 Å². The van der Waals surface area contributed by atoms with E-state index in [2.05, 4.69) is 10.3 Å². The van der Waals surface area contributed by atoms with Crippen LogP contribution in [0.15, 0.2) is 42.6 Å². The van der Waals surface area contributed by atoms with Crippen molar-refractivity contribution in [3.05, 3.63) is 53.7 Å². The van der Waals surface area contributed by atoms with Gasteiger partial charge in [0.15, 0.2) is 0 Å². The van der Waals surface area contributed by atoms with Crippen LogP contribution >= 0.6 is 0 Å². The molecular formula is C20H23N5O3. The molecule has 0 unspecified atom stereocenters. The highest BCUT2D eigenvalue weighted by molar-refractivity contribution is 6.39. The lowest BCUT2D eigenvalue weighted by Crippen LogP contribution is -2.49. The predicted octanol–water partition coefficient (Wildman–Crippen LogP) is 1.38. The highest BCUT2D eigenvalue weighted by Gasteiger charge is 2.37. The van der Waals surface area contributed by atoms with E-state index in [1.165, 1.54) is 11.1 Å². The number of hydrogen-bond acceptors (Lipinski definition) is 5. The van der Waals surface area contributed by atoms with Crippen molar-refractivity contribution in [3.8, 4) is 0 Å². The number of rotatable bonds is 3. The molecule has 8 nitrogen and oxygen atoms in total. The van der Waals surface area contributed by atoms with E-state index in [4.69, 9.17) is 11.5 Å². The number of primary amides is 1. The van der Waals surface area contributed by atoms with Crippen LogP contribution in [0.2, 0.25) is 0 Å². The smallest absolute Gasteiger partial charge is 0.313 e. The largest absolute Gasteiger partial charge is 0.383 e. The van der Waals surface area contributed by atoms with Gasteiger partial charge in [-0.3, -0.25) is 14.4 Å². The number of carbonyl (C=O) groups is 3. The number of anilines is 2. The molecule has 3 amide bonds. The van der Waals surface area contributed by atoms with Gasteiger partial charge in [0, 0.05) is 6.54 Å². The Morgan fingerprint density at radius 2 is 1.89 bits per heavy atom. The number of hydrogen-bond donors (Lipinski definition) is 3. The van der Waals surface area contributed by atoms with Crippen molar-refractivity contribution in [1.82, 2.24) is 9.88 Å². The topological polar surface area (TPSA) is 131 Å². The van der Waals surface area contributed by atoms with E-state index in [9.17, 15) is 14.4 Å². The first kappa shape index (κ1) is 19.3. The zero-order valence-corrected chi connectivity index (χ0v) is 15.6. The number of nitrogens with one attached hydrogen (secondary N) is 1. The van der Waals surface area contributed by atoms with Crippen LogP contribution in [0.1, 0.15) is 30.0 Å². The summed E-state index contributed by atoms with van der Waals surface area (Å²) in [4.78, 5) is 42.6. The number of benzene rings is 1. The van der Waals surface area contributed by atoms with Gasteiger partial charge in [0.1, 0.15) is 5.82 Å². The molecule has 1 aliphatic rings. The quantitative estimate of drug-likeness (QED) is 0.691. The Morgan fingerprint density at radius 3 is 2.54 bits per heavy atom. The Kier molecular flexibility index (Phi) is 5.58. The molecule has 3 rings (SSSR count). The van der Waals surface area contributed by atoms with Crippen molar-refractivity contribution >= 4 is 29.2 Å². The number of nitrogen functional groups attached to an aromatic ring is 1. The summed E-state index contributed by atoms with van der Waals surface area (Å²) >= 11 is 0. The summed E-state index contributed by atoms with van der Waals surface area (Å²) in [5.41, 5.74) is 13.1. The van der Waals surface area contributed by atoms with E-state index in [0.717, 1.165) is 5.56 Å². The molecule has 1 aromatic heterocycles. The minimum Gasteiger partial charge on any atom is -0.383 e. The molecule has 0 spiro atoms. The van der Waals surface area contributed by atoms with Crippen LogP contribution in [0.25, 0.3) is 0 Å². The summed E-state index contributed by atoms with van der Waals surface area (Å²) in [6.07, 6.45) is 2.52. The summed E-state index contributed by atoms with van der Waals surface area (Å²) in [5, 5.41) is 2.56. The van der Waals surface area contributed by atoms with Gasteiger partial charge in [0.05, 0.1) is 23.8 Å². The molecule has 2 aromatic rings. The highest BCUT2D eigenvalue weighted by Crippen LogP contribution is 2.33. The van der Waals surface area contributed by atoms with Crippen LogP contribution in [0.3, 0.4) is 0 Å². The first-order valence-electron chi connectivity index (χ1n) is 9.05. The SMILES string of the molecule is Cc1cc(NC(=O)C(=O)N2C[C@H](C(N)=O)CC[C@H]2c2ccccc2)cnc1N. The van der Waals surface area contributed by atoms with E-state index in [0.29, 0.717) is 29.9 Å². The Balaban J connectivity index is 1.82. The third-order valence-electron chi connectivity index (χ3n) is 5.00. The molecule has 0 radical (unpaired) electrons. The zero-order chi connectivity index (χ0) is 20.3. The Bertz CT molecular complexity index is 900. The fraction of sp³-hybridized carbons (Fsp3) is 0.300. The second-order valence-electron chi connectivity index (χ2n) is 6.94. The average Bonchev–Trinajstić information content (AvgIpc) is 2.70. The van der Waals surface area contributed by atoms with E-state index in [1.807, 2.05) is 30.3 Å². The predicted molar refractivity (Wildman–Crippen MR) is 105 cm³/mol. The molecule has 0 aliphatic carbocycles. The molecule has 0 bridgehead atoms. The van der Waals surface area contributed by atoms with Gasteiger partial charge in [-0.15, -0.1) is 0 Å². The molecule has 5 N–H and O–H groups in total. The lowest BCUT2D eigenvalue weighted by molar-refractivity contribution is -0.147. The molecule has 28 heavy (non-hydrogen) atoms. The summed E-state index contributed by atoms with van der Waals surface area (Å²) in [7, 11) is 0. The Morgan fingerprint density at radius 1 is 1.18 bits per heavy atom. The van der Waals surface area contributed by atoms with E-state index in [1.54, 1.807) is 13.0 Å². The maximum Gasteiger partial charge on any atom is 0.313 e. The standard InChI is InChI=1S/C20H23N5O3/c1-12-9-15(10-23-17(12)21)24-19(27)20(28)25-11-14(18(22)26)7-8-16(25)13-5-3-2-4-6-13/h2-6,9-10,14,16H,7-8,11H2,1H3,(H2,21,23)(H2,22,26)(H,24,27)/t14-,16+/m1/s1. The Labute approximate surface area is 162 Å². The van der Waals surface area contributed by atoms with Gasteiger partial charge < -0.3 is 21.7 Å². The highest BCUT2D eigenvalue weighted by atomic mass is 16.2. The lowest BCUT2D eigenvalue weighted by Gasteiger charge is -2.38. The molecule has 1 fully saturated rings. The molecule has 1 saturated heterocycles. The second-order valence-corrected chi connectivity index (χ2v) is 6.94. The van der Waals surface area contributed by atoms with Gasteiger partial charge in [-0.2, -0.15) is 0 Å². The fourth-order valence-electron chi connectivity index (χ4n) is 3.42. The number of likely N-dealkylation sites (tertiary alicyclic amines) is 1. The number of aromatic nitrogens is 1. The van der Waals surface area contributed by atoms with E-state index < -0.39 is 23.6 Å². The van der Waals surface area contributed by atoms with Crippen molar-refractivity contribution in [2.75, 3.05) is 17.6 Å². The summed E-state index contributed by atoms with van der Waals surface area (Å²) in [5.74, 6) is -2.10. The zero-order valence-electron chi connectivity index (χ0n) is 15.6. The number of piperidine rings is 1. The third kappa shape index (κ3) is 4.11. The van der Waals surface area contributed by atoms with Gasteiger partial charge in [-0.1, -0.05) is 30.3 Å². The lowest BCUT2D eigenvalue weighted by atomic mass is 9.88. The molecule has 2 atom stereocenters. The van der Waals surface area contributed by atoms with Gasteiger partial charge in [0.25, 0.3) is 0 Å². The monoisotopic (exact) mass is 381 g/mol. The van der Waals surface area contributed by atoms with Crippen molar-refractivity contribution in [1.29, 1.82) is 0 Å². The van der Waals surface area contributed by atoms with Crippen LogP contribution in [-0.4, -0.2) is 34.2 Å². The van der Waals surface area contributed by atoms with E-state index >= 15 is 0 Å². The Hall–Kier alpha value is -3.42. The van der Waals surface area contributed by atoms with Crippen LogP contribution in [-0.2, 0) is 14.4 Å². The van der Waals surface area contributed by atoms with Crippen LogP contribution in [0.4, 0.5) is 11.5 Å². The second kappa shape index (κ2) is 8.08. The van der Waals surface area contributed by atoms with Crippen molar-refractivity contribution in [2.45, 2.75) is 25.8 Å². The maximum atomic E-state index is 12.9. The van der Waals surface area contributed by atoms with Gasteiger partial charge in [-0.25, -0.2) is 4.98 Å². The number of nitrogens with two attached hydrogens (primary N) is 2. The third-order valence-corrected chi connectivity index (χ3v) is 5.00. The summed E-state index contributed by atoms with van der Waals surface area (Å²) in [6.45, 7) is 1.87. The van der Waals surface area contributed by atoms with E-state index in [-0.39, 0.29) is 12.6 Å². The molecule has 1 aliphatic heterocycles. The summed E-state index contributed by atoms with van der Waals surface area (Å²) in [6, 6.07) is 10.8. The minimum absolute atomic E-state index is 0.111. The van der Waals surface area contributed by atoms with Crippen molar-refractivity contribution < 1.29 is 14.4 Å². The number of pyridine rings is 1. The summed E-state index contributed by atoms with van der Waals surface area (Å²) < 4.78 is 0. The average molecular weight is 381 g/mol. The normalized spacial score (nSPS) is 19.1. The van der Waals surface area contributed by atoms with Crippen molar-refractivity contribution in [3.63, 3.8) is 0 Å². The van der Waals surface area contributed by atoms with Crippen LogP contribution in [0, 0.1) is 12.8 Å². The number of carbonyl (C=O) groups excluding carboxylic acids is 3. The number of amides is 3. The first-order valence-corrected chi connectivity index (χ1v) is 9.05. The van der Waals surface area contributed by atoms with Crippen molar-refractivity contribution in [2.24, 2.45) is 11.7 Å². The van der Waals surface area contributed by atoms with Gasteiger partial charge in [0.2, 0.25) is 5.91 Å².